The van der Waals surface area contributed by atoms with Crippen molar-refractivity contribution in [1.82, 2.24) is 4.98 Å². The summed E-state index contributed by atoms with van der Waals surface area (Å²) in [7, 11) is 1.67. The molecule has 0 amide bonds. The number of nitrogens with zero attached hydrogens (tertiary/aromatic N) is 1. The molecule has 4 nitrogen and oxygen atoms in total. The van der Waals surface area contributed by atoms with Gasteiger partial charge in [0, 0.05) is 12.2 Å². The van der Waals surface area contributed by atoms with E-state index in [-0.39, 0.29) is 6.04 Å². The SMILES string of the molecule is CCOc1cncc(C(N)CCc2ccc(OC)cc2)c1. The Morgan fingerprint density at radius 2 is 1.90 bits per heavy atom. The van der Waals surface area contributed by atoms with E-state index in [0.717, 1.165) is 29.9 Å². The molecule has 2 rings (SSSR count). The van der Waals surface area contributed by atoms with Crippen molar-refractivity contribution in [3.63, 3.8) is 0 Å². The molecule has 0 fully saturated rings. The van der Waals surface area contributed by atoms with Crippen LogP contribution in [-0.4, -0.2) is 18.7 Å². The molecule has 1 aromatic heterocycles. The fourth-order valence-electron chi connectivity index (χ4n) is 2.17. The summed E-state index contributed by atoms with van der Waals surface area (Å²) in [5, 5.41) is 0. The van der Waals surface area contributed by atoms with Crippen LogP contribution in [0.3, 0.4) is 0 Å². The summed E-state index contributed by atoms with van der Waals surface area (Å²) in [6.07, 6.45) is 5.30. The first kappa shape index (κ1) is 15.3. The molecule has 2 N–H and O–H groups in total. The summed E-state index contributed by atoms with van der Waals surface area (Å²) >= 11 is 0. The highest BCUT2D eigenvalue weighted by atomic mass is 16.5. The van der Waals surface area contributed by atoms with E-state index in [1.54, 1.807) is 19.5 Å². The molecule has 0 aliphatic carbocycles. The summed E-state index contributed by atoms with van der Waals surface area (Å²) < 4.78 is 10.6. The number of ether oxygens (including phenoxy) is 2. The number of pyridine rings is 1. The van der Waals surface area contributed by atoms with Gasteiger partial charge < -0.3 is 15.2 Å². The highest BCUT2D eigenvalue weighted by Crippen LogP contribution is 2.21. The normalized spacial score (nSPS) is 12.0. The van der Waals surface area contributed by atoms with Crippen LogP contribution in [0.2, 0.25) is 0 Å². The molecule has 4 heteroatoms. The highest BCUT2D eigenvalue weighted by Gasteiger charge is 2.08. The van der Waals surface area contributed by atoms with Gasteiger partial charge in [-0.3, -0.25) is 4.98 Å². The molecule has 1 unspecified atom stereocenters. The fourth-order valence-corrected chi connectivity index (χ4v) is 2.17. The topological polar surface area (TPSA) is 57.4 Å². The van der Waals surface area contributed by atoms with E-state index in [1.165, 1.54) is 5.56 Å². The smallest absolute Gasteiger partial charge is 0.137 e. The van der Waals surface area contributed by atoms with Crippen LogP contribution in [0.15, 0.2) is 42.7 Å². The van der Waals surface area contributed by atoms with E-state index in [4.69, 9.17) is 15.2 Å². The summed E-state index contributed by atoms with van der Waals surface area (Å²) in [6.45, 7) is 2.59. The molecule has 21 heavy (non-hydrogen) atoms. The monoisotopic (exact) mass is 286 g/mol. The molecule has 0 aliphatic rings. The molecule has 1 atom stereocenters. The van der Waals surface area contributed by atoms with Gasteiger partial charge in [-0.15, -0.1) is 0 Å². The zero-order valence-electron chi connectivity index (χ0n) is 12.6. The molecule has 0 bridgehead atoms. The Morgan fingerprint density at radius 3 is 2.57 bits per heavy atom. The van der Waals surface area contributed by atoms with Crippen LogP contribution < -0.4 is 15.2 Å². The third kappa shape index (κ3) is 4.46. The van der Waals surface area contributed by atoms with Crippen molar-refractivity contribution in [2.75, 3.05) is 13.7 Å². The quantitative estimate of drug-likeness (QED) is 0.849. The van der Waals surface area contributed by atoms with Gasteiger partial charge in [-0.25, -0.2) is 0 Å². The van der Waals surface area contributed by atoms with E-state index in [1.807, 2.05) is 25.1 Å². The molecule has 2 aromatic rings. The molecule has 0 saturated carbocycles. The summed E-state index contributed by atoms with van der Waals surface area (Å²) in [5.41, 5.74) is 8.50. The lowest BCUT2D eigenvalue weighted by atomic mass is 10.0. The van der Waals surface area contributed by atoms with Gasteiger partial charge >= 0.3 is 0 Å². The molecule has 112 valence electrons. The van der Waals surface area contributed by atoms with E-state index in [9.17, 15) is 0 Å². The molecular weight excluding hydrogens is 264 g/mol. The number of rotatable bonds is 7. The van der Waals surface area contributed by atoms with Gasteiger partial charge in [-0.2, -0.15) is 0 Å². The average molecular weight is 286 g/mol. The van der Waals surface area contributed by atoms with Crippen molar-refractivity contribution < 1.29 is 9.47 Å². The molecular formula is C17H22N2O2. The van der Waals surface area contributed by atoms with Crippen molar-refractivity contribution in [2.45, 2.75) is 25.8 Å². The van der Waals surface area contributed by atoms with E-state index in [0.29, 0.717) is 6.61 Å². The zero-order chi connectivity index (χ0) is 15.1. The average Bonchev–Trinajstić information content (AvgIpc) is 2.53. The van der Waals surface area contributed by atoms with E-state index in [2.05, 4.69) is 17.1 Å². The van der Waals surface area contributed by atoms with Crippen LogP contribution >= 0.6 is 0 Å². The van der Waals surface area contributed by atoms with E-state index >= 15 is 0 Å². The minimum absolute atomic E-state index is 0.0417. The van der Waals surface area contributed by atoms with Crippen LogP contribution in [0.4, 0.5) is 0 Å². The van der Waals surface area contributed by atoms with Crippen LogP contribution in [0.5, 0.6) is 11.5 Å². The molecule has 1 heterocycles. The standard InChI is InChI=1S/C17H22N2O2/c1-3-21-16-10-14(11-19-12-16)17(18)9-6-13-4-7-15(20-2)8-5-13/h4-5,7-8,10-12,17H,3,6,9,18H2,1-2H3. The van der Waals surface area contributed by atoms with Crippen LogP contribution in [0.25, 0.3) is 0 Å². The number of aromatic nitrogens is 1. The van der Waals surface area contributed by atoms with Gasteiger partial charge in [0.05, 0.1) is 19.9 Å². The number of benzene rings is 1. The lowest BCUT2D eigenvalue weighted by Gasteiger charge is -2.13. The van der Waals surface area contributed by atoms with Crippen molar-refractivity contribution in [1.29, 1.82) is 0 Å². The Hall–Kier alpha value is -2.07. The number of hydrogen-bond acceptors (Lipinski definition) is 4. The largest absolute Gasteiger partial charge is 0.497 e. The molecule has 0 spiro atoms. The van der Waals surface area contributed by atoms with Crippen LogP contribution in [-0.2, 0) is 6.42 Å². The first-order valence-corrected chi connectivity index (χ1v) is 7.19. The highest BCUT2D eigenvalue weighted by molar-refractivity contribution is 5.28. The second-order valence-electron chi connectivity index (χ2n) is 4.88. The maximum absolute atomic E-state index is 6.24. The number of nitrogens with two attached hydrogens (primary N) is 1. The Morgan fingerprint density at radius 1 is 1.14 bits per heavy atom. The Balaban J connectivity index is 1.94. The maximum atomic E-state index is 6.24. The molecule has 0 radical (unpaired) electrons. The van der Waals surface area contributed by atoms with Crippen molar-refractivity contribution >= 4 is 0 Å². The van der Waals surface area contributed by atoms with Gasteiger partial charge in [0.1, 0.15) is 11.5 Å². The molecule has 0 saturated heterocycles. The van der Waals surface area contributed by atoms with Crippen molar-refractivity contribution in [3.05, 3.63) is 53.9 Å². The Bertz CT molecular complexity index is 555. The second kappa shape index (κ2) is 7.64. The van der Waals surface area contributed by atoms with Gasteiger partial charge in [0.25, 0.3) is 0 Å². The minimum Gasteiger partial charge on any atom is -0.497 e. The first-order valence-electron chi connectivity index (χ1n) is 7.19. The lowest BCUT2D eigenvalue weighted by Crippen LogP contribution is -2.12. The summed E-state index contributed by atoms with van der Waals surface area (Å²) in [5.74, 6) is 1.64. The molecule has 0 aliphatic heterocycles. The lowest BCUT2D eigenvalue weighted by molar-refractivity contribution is 0.338. The minimum atomic E-state index is -0.0417. The molecule has 1 aromatic carbocycles. The Kier molecular flexibility index (Phi) is 5.58. The van der Waals surface area contributed by atoms with Gasteiger partial charge in [-0.05, 0) is 49.1 Å². The second-order valence-corrected chi connectivity index (χ2v) is 4.88. The zero-order valence-corrected chi connectivity index (χ0v) is 12.6. The predicted octanol–water partition coefficient (Wildman–Crippen LogP) is 3.12. The maximum Gasteiger partial charge on any atom is 0.137 e. The third-order valence-corrected chi connectivity index (χ3v) is 3.38. The summed E-state index contributed by atoms with van der Waals surface area (Å²) in [4.78, 5) is 4.18. The number of hydrogen-bond donors (Lipinski definition) is 1. The number of aryl methyl sites for hydroxylation is 1. The first-order chi connectivity index (χ1) is 10.2. The predicted molar refractivity (Wildman–Crippen MR) is 83.6 cm³/mol. The number of methoxy groups -OCH3 is 1. The van der Waals surface area contributed by atoms with Gasteiger partial charge in [0.15, 0.2) is 0 Å². The van der Waals surface area contributed by atoms with Gasteiger partial charge in [0.2, 0.25) is 0 Å². The Labute approximate surface area is 125 Å². The van der Waals surface area contributed by atoms with Crippen LogP contribution in [0.1, 0.15) is 30.5 Å². The third-order valence-electron chi connectivity index (χ3n) is 3.38. The van der Waals surface area contributed by atoms with E-state index < -0.39 is 0 Å². The van der Waals surface area contributed by atoms with Gasteiger partial charge in [-0.1, -0.05) is 12.1 Å². The fraction of sp³-hybridized carbons (Fsp3) is 0.353. The van der Waals surface area contributed by atoms with Crippen molar-refractivity contribution in [2.24, 2.45) is 5.73 Å². The van der Waals surface area contributed by atoms with Crippen molar-refractivity contribution in [3.8, 4) is 11.5 Å². The van der Waals surface area contributed by atoms with Crippen LogP contribution in [0, 0.1) is 0 Å². The summed E-state index contributed by atoms with van der Waals surface area (Å²) in [6, 6.07) is 10.0.